The number of halogens is 3. The molecule has 4 rings (SSSR count). The molecule has 1 fully saturated rings. The van der Waals surface area contributed by atoms with Crippen molar-refractivity contribution in [1.29, 1.82) is 0 Å². The van der Waals surface area contributed by atoms with Gasteiger partial charge in [0.15, 0.2) is 0 Å². The normalized spacial score (nSPS) is 14.8. The largest absolute Gasteiger partial charge is 0.418 e. The molecule has 3 aromatic rings. The fourth-order valence-corrected chi connectivity index (χ4v) is 3.38. The molecule has 1 amide bonds. The van der Waals surface area contributed by atoms with Crippen molar-refractivity contribution in [2.75, 3.05) is 36.5 Å². The maximum atomic E-state index is 13.7. The van der Waals surface area contributed by atoms with E-state index in [9.17, 15) is 18.0 Å². The lowest BCUT2D eigenvalue weighted by molar-refractivity contribution is -0.136. The van der Waals surface area contributed by atoms with Crippen LogP contribution in [-0.4, -0.2) is 37.2 Å². The van der Waals surface area contributed by atoms with Crippen LogP contribution < -0.4 is 10.2 Å². The third-order valence-corrected chi connectivity index (χ3v) is 4.82. The Hall–Kier alpha value is -3.13. The van der Waals surface area contributed by atoms with Gasteiger partial charge in [0, 0.05) is 30.4 Å². The SMILES string of the molecule is O=C(Nc1ccc(N2CCOCC2)cc1C(F)(F)F)c1nccc2ccccc12. The summed E-state index contributed by atoms with van der Waals surface area (Å²) in [5, 5.41) is 3.75. The standard InChI is InChI=1S/C21H18F3N3O2/c22-21(23,24)17-13-15(27-9-11-29-12-10-27)5-6-18(17)26-20(28)19-16-4-2-1-3-14(16)7-8-25-19/h1-8,13H,9-12H2,(H,26,28). The second kappa shape index (κ2) is 7.71. The van der Waals surface area contributed by atoms with Gasteiger partial charge < -0.3 is 15.0 Å². The van der Waals surface area contributed by atoms with Crippen molar-refractivity contribution in [1.82, 2.24) is 4.98 Å². The molecule has 0 saturated carbocycles. The van der Waals surface area contributed by atoms with Crippen LogP contribution in [0, 0.1) is 0 Å². The lowest BCUT2D eigenvalue weighted by atomic mass is 10.1. The Morgan fingerprint density at radius 3 is 2.59 bits per heavy atom. The fraction of sp³-hybridized carbons (Fsp3) is 0.238. The number of benzene rings is 2. The van der Waals surface area contributed by atoms with E-state index < -0.39 is 17.6 Å². The van der Waals surface area contributed by atoms with Gasteiger partial charge in [0.2, 0.25) is 0 Å². The molecule has 0 atom stereocenters. The third-order valence-electron chi connectivity index (χ3n) is 4.82. The zero-order valence-corrected chi connectivity index (χ0v) is 15.4. The summed E-state index contributed by atoms with van der Waals surface area (Å²) < 4.78 is 46.3. The smallest absolute Gasteiger partial charge is 0.378 e. The molecule has 0 aliphatic carbocycles. The van der Waals surface area contributed by atoms with Gasteiger partial charge in [0.25, 0.3) is 5.91 Å². The van der Waals surface area contributed by atoms with Crippen LogP contribution in [0.3, 0.4) is 0 Å². The number of carbonyl (C=O) groups is 1. The number of morpholine rings is 1. The van der Waals surface area contributed by atoms with Gasteiger partial charge >= 0.3 is 6.18 Å². The number of carbonyl (C=O) groups excluding carboxylic acids is 1. The summed E-state index contributed by atoms with van der Waals surface area (Å²) in [4.78, 5) is 18.6. The van der Waals surface area contributed by atoms with Crippen molar-refractivity contribution in [3.8, 4) is 0 Å². The third kappa shape index (κ3) is 4.02. The maximum Gasteiger partial charge on any atom is 0.418 e. The minimum Gasteiger partial charge on any atom is -0.378 e. The minimum absolute atomic E-state index is 0.0773. The van der Waals surface area contributed by atoms with Crippen LogP contribution >= 0.6 is 0 Å². The Balaban J connectivity index is 1.67. The van der Waals surface area contributed by atoms with Crippen LogP contribution in [0.4, 0.5) is 24.5 Å². The number of anilines is 2. The summed E-state index contributed by atoms with van der Waals surface area (Å²) in [7, 11) is 0. The van der Waals surface area contributed by atoms with Crippen LogP contribution in [0.5, 0.6) is 0 Å². The van der Waals surface area contributed by atoms with E-state index in [1.54, 1.807) is 24.3 Å². The Morgan fingerprint density at radius 2 is 1.83 bits per heavy atom. The summed E-state index contributed by atoms with van der Waals surface area (Å²) in [6.07, 6.45) is -3.15. The zero-order chi connectivity index (χ0) is 20.4. The Bertz CT molecular complexity index is 1040. The average Bonchev–Trinajstić information content (AvgIpc) is 2.73. The Morgan fingerprint density at radius 1 is 1.07 bits per heavy atom. The van der Waals surface area contributed by atoms with Gasteiger partial charge in [0.05, 0.1) is 24.5 Å². The van der Waals surface area contributed by atoms with E-state index in [1.807, 2.05) is 17.0 Å². The lowest BCUT2D eigenvalue weighted by Crippen LogP contribution is -2.36. The molecule has 0 bridgehead atoms. The topological polar surface area (TPSA) is 54.5 Å². The Kier molecular flexibility index (Phi) is 5.10. The maximum absolute atomic E-state index is 13.7. The van der Waals surface area contributed by atoms with Crippen molar-refractivity contribution in [3.05, 3.63) is 66.0 Å². The zero-order valence-electron chi connectivity index (χ0n) is 15.4. The summed E-state index contributed by atoms with van der Waals surface area (Å²) in [5.41, 5.74) is -0.667. The molecule has 29 heavy (non-hydrogen) atoms. The second-order valence-electron chi connectivity index (χ2n) is 6.66. The molecule has 1 N–H and O–H groups in total. The van der Waals surface area contributed by atoms with E-state index in [2.05, 4.69) is 10.3 Å². The number of alkyl halides is 3. The molecule has 5 nitrogen and oxygen atoms in total. The highest BCUT2D eigenvalue weighted by Crippen LogP contribution is 2.37. The van der Waals surface area contributed by atoms with Gasteiger partial charge in [-0.05, 0) is 29.7 Å². The minimum atomic E-state index is -4.61. The molecule has 0 unspecified atom stereocenters. The molecule has 0 spiro atoms. The van der Waals surface area contributed by atoms with Crippen molar-refractivity contribution >= 4 is 28.1 Å². The highest BCUT2D eigenvalue weighted by Gasteiger charge is 2.35. The summed E-state index contributed by atoms with van der Waals surface area (Å²) in [6.45, 7) is 1.96. The number of ether oxygens (including phenoxy) is 1. The van der Waals surface area contributed by atoms with Crippen LogP contribution in [0.25, 0.3) is 10.8 Å². The molecule has 2 heterocycles. The van der Waals surface area contributed by atoms with Crippen LogP contribution in [-0.2, 0) is 10.9 Å². The summed E-state index contributed by atoms with van der Waals surface area (Å²) in [5.74, 6) is -0.688. The summed E-state index contributed by atoms with van der Waals surface area (Å²) >= 11 is 0. The van der Waals surface area contributed by atoms with E-state index in [1.165, 1.54) is 12.3 Å². The number of nitrogens with one attached hydrogen (secondary N) is 1. The molecule has 150 valence electrons. The number of fused-ring (bicyclic) bond motifs is 1. The number of nitrogens with zero attached hydrogens (tertiary/aromatic N) is 2. The average molecular weight is 401 g/mol. The molecule has 2 aromatic carbocycles. The molecule has 1 aliphatic rings. The number of hydrogen-bond donors (Lipinski definition) is 1. The van der Waals surface area contributed by atoms with E-state index in [4.69, 9.17) is 4.74 Å². The molecule has 1 aromatic heterocycles. The molecule has 8 heteroatoms. The van der Waals surface area contributed by atoms with Gasteiger partial charge in [-0.25, -0.2) is 0 Å². The monoisotopic (exact) mass is 401 g/mol. The van der Waals surface area contributed by atoms with Crippen molar-refractivity contribution < 1.29 is 22.7 Å². The summed E-state index contributed by atoms with van der Waals surface area (Å²) in [6, 6.07) is 12.8. The molecule has 1 aliphatic heterocycles. The first-order valence-corrected chi connectivity index (χ1v) is 9.12. The number of amides is 1. The van der Waals surface area contributed by atoms with Gasteiger partial charge in [-0.2, -0.15) is 13.2 Å². The number of pyridine rings is 1. The first kappa shape index (κ1) is 19.2. The van der Waals surface area contributed by atoms with E-state index in [0.717, 1.165) is 11.5 Å². The van der Waals surface area contributed by atoms with Crippen molar-refractivity contribution in [3.63, 3.8) is 0 Å². The fourth-order valence-electron chi connectivity index (χ4n) is 3.38. The first-order valence-electron chi connectivity index (χ1n) is 9.12. The van der Waals surface area contributed by atoms with Gasteiger partial charge in [-0.3, -0.25) is 9.78 Å². The van der Waals surface area contributed by atoms with E-state index in [0.29, 0.717) is 37.4 Å². The molecular weight excluding hydrogens is 383 g/mol. The second-order valence-corrected chi connectivity index (χ2v) is 6.66. The van der Waals surface area contributed by atoms with Crippen LogP contribution in [0.15, 0.2) is 54.7 Å². The highest BCUT2D eigenvalue weighted by molar-refractivity contribution is 6.11. The van der Waals surface area contributed by atoms with Crippen LogP contribution in [0.2, 0.25) is 0 Å². The number of rotatable bonds is 3. The van der Waals surface area contributed by atoms with E-state index in [-0.39, 0.29) is 11.4 Å². The predicted molar refractivity (Wildman–Crippen MR) is 104 cm³/mol. The first-order chi connectivity index (χ1) is 13.9. The van der Waals surface area contributed by atoms with E-state index >= 15 is 0 Å². The molecule has 0 radical (unpaired) electrons. The van der Waals surface area contributed by atoms with Crippen molar-refractivity contribution in [2.45, 2.75) is 6.18 Å². The van der Waals surface area contributed by atoms with Crippen LogP contribution in [0.1, 0.15) is 16.1 Å². The number of aromatic nitrogens is 1. The molecule has 1 saturated heterocycles. The Labute approximate surface area is 165 Å². The predicted octanol–water partition coefficient (Wildman–Crippen LogP) is 4.34. The van der Waals surface area contributed by atoms with Gasteiger partial charge in [-0.1, -0.05) is 24.3 Å². The van der Waals surface area contributed by atoms with Gasteiger partial charge in [0.1, 0.15) is 5.69 Å². The molecular formula is C21H18F3N3O2. The highest BCUT2D eigenvalue weighted by atomic mass is 19.4. The van der Waals surface area contributed by atoms with Gasteiger partial charge in [-0.15, -0.1) is 0 Å². The van der Waals surface area contributed by atoms with Crippen molar-refractivity contribution in [2.24, 2.45) is 0 Å². The quantitative estimate of drug-likeness (QED) is 0.709. The number of hydrogen-bond acceptors (Lipinski definition) is 4. The lowest BCUT2D eigenvalue weighted by Gasteiger charge is -2.29.